The molecule has 0 fully saturated rings. The molecular formula is C63H40N4S. The van der Waals surface area contributed by atoms with Crippen LogP contribution in [0.25, 0.3) is 126 Å². The Labute approximate surface area is 397 Å². The number of nitrogens with zero attached hydrogens (tertiary/aromatic N) is 4. The molecule has 0 radical (unpaired) electrons. The zero-order chi connectivity index (χ0) is 45.0. The topological polar surface area (TPSA) is 43.6 Å². The lowest BCUT2D eigenvalue weighted by atomic mass is 9.88. The molecule has 0 saturated heterocycles. The molecule has 0 N–H and O–H groups in total. The number of benzene rings is 10. The lowest BCUT2D eigenvalue weighted by Gasteiger charge is -2.17. The summed E-state index contributed by atoms with van der Waals surface area (Å²) in [6.07, 6.45) is 0. The Balaban J connectivity index is 1.08. The number of rotatable bonds is 8. The molecule has 13 aromatic rings. The summed E-state index contributed by atoms with van der Waals surface area (Å²) in [5.41, 5.74) is 15.3. The maximum Gasteiger partial charge on any atom is 0.164 e. The molecule has 0 aliphatic heterocycles. The van der Waals surface area contributed by atoms with E-state index in [-0.39, 0.29) is 0 Å². The van der Waals surface area contributed by atoms with Gasteiger partial charge in [0.25, 0.3) is 0 Å². The summed E-state index contributed by atoms with van der Waals surface area (Å²) < 4.78 is 4.91. The van der Waals surface area contributed by atoms with Gasteiger partial charge in [-0.05, 0) is 99.1 Å². The Morgan fingerprint density at radius 2 is 0.779 bits per heavy atom. The predicted molar refractivity (Wildman–Crippen MR) is 285 cm³/mol. The zero-order valence-corrected chi connectivity index (χ0v) is 37.6. The summed E-state index contributed by atoms with van der Waals surface area (Å²) >= 11 is 1.85. The first-order valence-electron chi connectivity index (χ1n) is 22.9. The van der Waals surface area contributed by atoms with Crippen LogP contribution in [-0.4, -0.2) is 19.5 Å². The van der Waals surface area contributed by atoms with E-state index < -0.39 is 0 Å². The quantitative estimate of drug-likeness (QED) is 0.153. The Morgan fingerprint density at radius 3 is 1.46 bits per heavy atom. The van der Waals surface area contributed by atoms with Crippen LogP contribution in [0.3, 0.4) is 0 Å². The van der Waals surface area contributed by atoms with Crippen molar-refractivity contribution in [1.29, 1.82) is 0 Å². The molecule has 13 rings (SSSR count). The molecule has 3 aromatic heterocycles. The van der Waals surface area contributed by atoms with Gasteiger partial charge in [-0.3, -0.25) is 0 Å². The van der Waals surface area contributed by atoms with Gasteiger partial charge < -0.3 is 4.57 Å². The molecule has 3 heterocycles. The number of aromatic nitrogens is 4. The van der Waals surface area contributed by atoms with Crippen molar-refractivity contribution >= 4 is 53.3 Å². The van der Waals surface area contributed by atoms with Crippen LogP contribution in [0.5, 0.6) is 0 Å². The van der Waals surface area contributed by atoms with Crippen molar-refractivity contribution in [1.82, 2.24) is 19.5 Å². The standard InChI is InChI=1S/C63H40N4S/c1-6-18-41(19-7-1)45-30-33-49(42-20-8-2-9-21-42)52(38-45)47-31-34-50(53(39-47)63-65-61(43-22-10-3-11-23-43)64-62(66-63)44-24-12-4-13-25-44)46-32-36-57-54(40-46)60-58(68-57)37-35-56-59(60)51-28-16-17-29-55(51)67(56)48-26-14-5-15-27-48/h1-40H. The van der Waals surface area contributed by atoms with Gasteiger partial charge >= 0.3 is 0 Å². The van der Waals surface area contributed by atoms with Crippen LogP contribution in [0.4, 0.5) is 0 Å². The molecule has 4 nitrogen and oxygen atoms in total. The van der Waals surface area contributed by atoms with Crippen LogP contribution in [-0.2, 0) is 0 Å². The van der Waals surface area contributed by atoms with Crippen LogP contribution in [0.2, 0.25) is 0 Å². The lowest BCUT2D eigenvalue weighted by molar-refractivity contribution is 1.07. The Bertz CT molecular complexity index is 3940. The second-order valence-corrected chi connectivity index (χ2v) is 18.2. The van der Waals surface area contributed by atoms with Crippen LogP contribution in [0.15, 0.2) is 243 Å². The van der Waals surface area contributed by atoms with Crippen molar-refractivity contribution in [2.24, 2.45) is 0 Å². The minimum absolute atomic E-state index is 0.610. The third-order valence-electron chi connectivity index (χ3n) is 13.1. The highest BCUT2D eigenvalue weighted by Crippen LogP contribution is 2.46. The van der Waals surface area contributed by atoms with Crippen molar-refractivity contribution in [3.8, 4) is 84.4 Å². The van der Waals surface area contributed by atoms with Gasteiger partial charge in [-0.25, -0.2) is 15.0 Å². The summed E-state index contributed by atoms with van der Waals surface area (Å²) in [7, 11) is 0. The number of hydrogen-bond acceptors (Lipinski definition) is 4. The first kappa shape index (κ1) is 39.6. The molecule has 0 unspecified atom stereocenters. The minimum Gasteiger partial charge on any atom is -0.309 e. The molecule has 0 saturated carbocycles. The van der Waals surface area contributed by atoms with Gasteiger partial charge in [-0.2, -0.15) is 0 Å². The largest absolute Gasteiger partial charge is 0.309 e. The van der Waals surface area contributed by atoms with Crippen LogP contribution < -0.4 is 0 Å². The zero-order valence-electron chi connectivity index (χ0n) is 36.8. The molecule has 0 spiro atoms. The van der Waals surface area contributed by atoms with E-state index >= 15 is 0 Å². The van der Waals surface area contributed by atoms with E-state index in [1.165, 1.54) is 47.5 Å². The van der Waals surface area contributed by atoms with E-state index in [4.69, 9.17) is 15.0 Å². The number of para-hydroxylation sites is 2. The molecule has 0 aliphatic rings. The maximum atomic E-state index is 5.35. The van der Waals surface area contributed by atoms with E-state index in [0.717, 1.165) is 61.3 Å². The number of thiophene rings is 1. The Kier molecular flexibility index (Phi) is 9.66. The minimum atomic E-state index is 0.610. The van der Waals surface area contributed by atoms with Gasteiger partial charge in [0, 0.05) is 53.3 Å². The summed E-state index contributed by atoms with van der Waals surface area (Å²) in [5.74, 6) is 1.86. The monoisotopic (exact) mass is 884 g/mol. The van der Waals surface area contributed by atoms with Crippen molar-refractivity contribution in [2.75, 3.05) is 0 Å². The normalized spacial score (nSPS) is 11.5. The van der Waals surface area contributed by atoms with Crippen molar-refractivity contribution < 1.29 is 0 Å². The highest BCUT2D eigenvalue weighted by atomic mass is 32.1. The fourth-order valence-electron chi connectivity index (χ4n) is 9.89. The smallest absolute Gasteiger partial charge is 0.164 e. The third kappa shape index (κ3) is 6.88. The fourth-order valence-corrected chi connectivity index (χ4v) is 11.0. The molecule has 0 bridgehead atoms. The molecule has 10 aromatic carbocycles. The molecule has 68 heavy (non-hydrogen) atoms. The van der Waals surface area contributed by atoms with Gasteiger partial charge in [-0.15, -0.1) is 11.3 Å². The highest BCUT2D eigenvalue weighted by Gasteiger charge is 2.22. The van der Waals surface area contributed by atoms with Crippen molar-refractivity contribution in [3.63, 3.8) is 0 Å². The van der Waals surface area contributed by atoms with E-state index in [2.05, 4.69) is 211 Å². The average molecular weight is 885 g/mol. The van der Waals surface area contributed by atoms with E-state index in [1.807, 2.05) is 47.7 Å². The van der Waals surface area contributed by atoms with Crippen LogP contribution >= 0.6 is 11.3 Å². The first-order valence-corrected chi connectivity index (χ1v) is 23.7. The van der Waals surface area contributed by atoms with Gasteiger partial charge in [-0.1, -0.05) is 188 Å². The summed E-state index contributed by atoms with van der Waals surface area (Å²) in [4.78, 5) is 15.8. The van der Waals surface area contributed by atoms with Crippen LogP contribution in [0.1, 0.15) is 0 Å². The molecule has 0 atom stereocenters. The Morgan fingerprint density at radius 1 is 0.279 bits per heavy atom. The summed E-state index contributed by atoms with van der Waals surface area (Å²) in [6, 6.07) is 86.5. The molecule has 318 valence electrons. The van der Waals surface area contributed by atoms with Crippen molar-refractivity contribution in [3.05, 3.63) is 243 Å². The summed E-state index contributed by atoms with van der Waals surface area (Å²) in [5, 5.41) is 5.01. The van der Waals surface area contributed by atoms with Gasteiger partial charge in [0.1, 0.15) is 0 Å². The first-order chi connectivity index (χ1) is 33.7. The Hall–Kier alpha value is -8.77. The number of hydrogen-bond donors (Lipinski definition) is 0. The summed E-state index contributed by atoms with van der Waals surface area (Å²) in [6.45, 7) is 0. The molecule has 0 amide bonds. The van der Waals surface area contributed by atoms with Gasteiger partial charge in [0.05, 0.1) is 11.0 Å². The highest BCUT2D eigenvalue weighted by molar-refractivity contribution is 7.26. The van der Waals surface area contributed by atoms with Crippen LogP contribution in [0, 0.1) is 0 Å². The van der Waals surface area contributed by atoms with Gasteiger partial charge in [0.15, 0.2) is 17.5 Å². The molecule has 0 aliphatic carbocycles. The SMILES string of the molecule is c1ccc(-c2ccc(-c3ccccc3)c(-c3ccc(-c4ccc5sc6ccc7c(c8ccccc8n7-c7ccccc7)c6c5c4)c(-c4nc(-c5ccccc5)nc(-c5ccccc5)n4)c3)c2)cc1. The second-order valence-electron chi connectivity index (χ2n) is 17.1. The van der Waals surface area contributed by atoms with Gasteiger partial charge in [0.2, 0.25) is 0 Å². The average Bonchev–Trinajstić information content (AvgIpc) is 3.97. The fraction of sp³-hybridized carbons (Fsp3) is 0. The van der Waals surface area contributed by atoms with E-state index in [0.29, 0.717) is 17.5 Å². The predicted octanol–water partition coefficient (Wildman–Crippen LogP) is 17.0. The lowest BCUT2D eigenvalue weighted by Crippen LogP contribution is -2.01. The van der Waals surface area contributed by atoms with E-state index in [9.17, 15) is 0 Å². The van der Waals surface area contributed by atoms with E-state index in [1.54, 1.807) is 0 Å². The second kappa shape index (κ2) is 16.6. The number of fused-ring (bicyclic) bond motifs is 7. The maximum absolute atomic E-state index is 5.35. The van der Waals surface area contributed by atoms with Crippen molar-refractivity contribution in [2.45, 2.75) is 0 Å². The molecule has 5 heteroatoms. The molecular weight excluding hydrogens is 845 g/mol. The third-order valence-corrected chi connectivity index (χ3v) is 14.2.